The number of benzene rings is 3. The molecule has 0 saturated heterocycles. The molecule has 9 nitrogen and oxygen atoms in total. The lowest BCUT2D eigenvalue weighted by Gasteiger charge is -2.13. The third-order valence-electron chi connectivity index (χ3n) is 4.69. The van der Waals surface area contributed by atoms with Gasteiger partial charge in [-0.25, -0.2) is 4.98 Å². The molecule has 4 aromatic rings. The van der Waals surface area contributed by atoms with Crippen molar-refractivity contribution < 1.29 is 9.85 Å². The van der Waals surface area contributed by atoms with Crippen molar-refractivity contribution in [2.75, 3.05) is 0 Å². The number of nitro benzene ring substituents is 2. The molecular formula is C22H13ClN4O5. The lowest BCUT2D eigenvalue weighted by atomic mass is 10.1. The first-order valence-electron chi connectivity index (χ1n) is 9.24. The second-order valence-electron chi connectivity index (χ2n) is 6.71. The van der Waals surface area contributed by atoms with E-state index in [0.717, 1.165) is 6.07 Å². The van der Waals surface area contributed by atoms with Gasteiger partial charge in [0.05, 0.1) is 31.5 Å². The molecule has 0 radical (unpaired) electrons. The van der Waals surface area contributed by atoms with Crippen LogP contribution in [0.4, 0.5) is 11.4 Å². The molecule has 1 heterocycles. The summed E-state index contributed by atoms with van der Waals surface area (Å²) in [6.07, 6.45) is 3.12. The summed E-state index contributed by atoms with van der Waals surface area (Å²) in [5.41, 5.74) is 0.501. The van der Waals surface area contributed by atoms with E-state index in [0.29, 0.717) is 16.5 Å². The molecule has 3 aromatic carbocycles. The molecule has 0 bridgehead atoms. The number of halogens is 1. The minimum Gasteiger partial charge on any atom is -0.268 e. The van der Waals surface area contributed by atoms with Crippen molar-refractivity contribution >= 4 is 46.0 Å². The van der Waals surface area contributed by atoms with Crippen LogP contribution in [-0.2, 0) is 0 Å². The quantitative estimate of drug-likeness (QED) is 0.312. The Kier molecular flexibility index (Phi) is 5.48. The van der Waals surface area contributed by atoms with Crippen molar-refractivity contribution in [3.05, 3.63) is 114 Å². The number of aromatic nitrogens is 2. The van der Waals surface area contributed by atoms with Crippen LogP contribution >= 0.6 is 11.6 Å². The highest BCUT2D eigenvalue weighted by atomic mass is 35.5. The fourth-order valence-corrected chi connectivity index (χ4v) is 3.46. The molecule has 10 heteroatoms. The first-order valence-corrected chi connectivity index (χ1v) is 9.61. The molecule has 0 aliphatic heterocycles. The van der Waals surface area contributed by atoms with E-state index in [1.54, 1.807) is 42.5 Å². The molecule has 0 aliphatic rings. The SMILES string of the molecule is O=c1c2ccccc2nc(/C=C/c2cccc([N+](=O)[O-])c2)n1-c1ccc([N+](=O)[O-])cc1Cl. The van der Waals surface area contributed by atoms with Gasteiger partial charge in [0.25, 0.3) is 16.9 Å². The highest BCUT2D eigenvalue weighted by Crippen LogP contribution is 2.26. The summed E-state index contributed by atoms with van der Waals surface area (Å²) in [5.74, 6) is 0.205. The zero-order chi connectivity index (χ0) is 22.8. The lowest BCUT2D eigenvalue weighted by Crippen LogP contribution is -2.22. The van der Waals surface area contributed by atoms with E-state index in [1.807, 2.05) is 0 Å². The summed E-state index contributed by atoms with van der Waals surface area (Å²) in [6, 6.07) is 16.5. The van der Waals surface area contributed by atoms with E-state index < -0.39 is 15.4 Å². The lowest BCUT2D eigenvalue weighted by molar-refractivity contribution is -0.385. The molecule has 1 aromatic heterocycles. The van der Waals surface area contributed by atoms with Gasteiger partial charge in [-0.15, -0.1) is 0 Å². The van der Waals surface area contributed by atoms with Gasteiger partial charge in [0.1, 0.15) is 5.82 Å². The summed E-state index contributed by atoms with van der Waals surface area (Å²) < 4.78 is 1.25. The van der Waals surface area contributed by atoms with Gasteiger partial charge in [0.2, 0.25) is 0 Å². The van der Waals surface area contributed by atoms with Gasteiger partial charge in [-0.05, 0) is 29.8 Å². The first-order chi connectivity index (χ1) is 15.3. The predicted octanol–water partition coefficient (Wildman–Crippen LogP) is 5.03. The highest BCUT2D eigenvalue weighted by Gasteiger charge is 2.16. The molecular weight excluding hydrogens is 436 g/mol. The molecule has 0 aliphatic carbocycles. The summed E-state index contributed by atoms with van der Waals surface area (Å²) in [5, 5.41) is 22.4. The molecule has 4 rings (SSSR count). The van der Waals surface area contributed by atoms with Crippen LogP contribution < -0.4 is 5.56 Å². The van der Waals surface area contributed by atoms with Gasteiger partial charge >= 0.3 is 0 Å². The van der Waals surface area contributed by atoms with Gasteiger partial charge < -0.3 is 0 Å². The topological polar surface area (TPSA) is 121 Å². The molecule has 0 N–H and O–H groups in total. The number of hydrogen-bond acceptors (Lipinski definition) is 6. The normalized spacial score (nSPS) is 11.2. The van der Waals surface area contributed by atoms with Crippen LogP contribution in [0.2, 0.25) is 5.02 Å². The number of fused-ring (bicyclic) bond motifs is 1. The Morgan fingerprint density at radius 3 is 2.31 bits per heavy atom. The molecule has 0 atom stereocenters. The van der Waals surface area contributed by atoms with Gasteiger partial charge in [0.15, 0.2) is 0 Å². The Morgan fingerprint density at radius 1 is 0.875 bits per heavy atom. The summed E-state index contributed by atoms with van der Waals surface area (Å²) in [4.78, 5) is 38.8. The van der Waals surface area contributed by atoms with Crippen LogP contribution in [0.3, 0.4) is 0 Å². The van der Waals surface area contributed by atoms with Gasteiger partial charge in [-0.1, -0.05) is 41.9 Å². The largest absolute Gasteiger partial charge is 0.271 e. The summed E-state index contributed by atoms with van der Waals surface area (Å²) in [7, 11) is 0. The minimum absolute atomic E-state index is 0.00313. The first kappa shape index (κ1) is 20.9. The summed E-state index contributed by atoms with van der Waals surface area (Å²) >= 11 is 6.28. The standard InChI is InChI=1S/C22H13ClN4O5/c23-18-13-16(27(31)32)9-10-20(18)25-21(24-19-7-2-1-6-17(19)22(25)28)11-8-14-4-3-5-15(12-14)26(29)30/h1-13H/b11-8+. The van der Waals surface area contributed by atoms with Crippen LogP contribution in [0.5, 0.6) is 0 Å². The maximum absolute atomic E-state index is 13.3. The Balaban J connectivity index is 1.93. The van der Waals surface area contributed by atoms with Crippen LogP contribution in [0.1, 0.15) is 11.4 Å². The second kappa shape index (κ2) is 8.40. The highest BCUT2D eigenvalue weighted by molar-refractivity contribution is 6.32. The van der Waals surface area contributed by atoms with E-state index in [1.165, 1.54) is 34.9 Å². The Hall–Kier alpha value is -4.37. The van der Waals surface area contributed by atoms with Crippen LogP contribution in [0.15, 0.2) is 71.5 Å². The number of rotatable bonds is 5. The number of hydrogen-bond donors (Lipinski definition) is 0. The molecule has 0 unspecified atom stereocenters. The predicted molar refractivity (Wildman–Crippen MR) is 121 cm³/mol. The number of para-hydroxylation sites is 1. The Labute approximate surface area is 185 Å². The molecule has 32 heavy (non-hydrogen) atoms. The average molecular weight is 449 g/mol. The van der Waals surface area contributed by atoms with Crippen LogP contribution in [-0.4, -0.2) is 19.4 Å². The molecule has 0 fully saturated rings. The van der Waals surface area contributed by atoms with Crippen molar-refractivity contribution in [3.63, 3.8) is 0 Å². The zero-order valence-electron chi connectivity index (χ0n) is 16.2. The third-order valence-corrected chi connectivity index (χ3v) is 4.99. The second-order valence-corrected chi connectivity index (χ2v) is 7.11. The summed E-state index contributed by atoms with van der Waals surface area (Å²) in [6.45, 7) is 0. The van der Waals surface area contributed by atoms with E-state index in [-0.39, 0.29) is 27.9 Å². The van der Waals surface area contributed by atoms with Crippen LogP contribution in [0.25, 0.3) is 28.7 Å². The fraction of sp³-hybridized carbons (Fsp3) is 0. The molecule has 158 valence electrons. The van der Waals surface area contributed by atoms with E-state index in [2.05, 4.69) is 4.98 Å². The maximum Gasteiger partial charge on any atom is 0.271 e. The monoisotopic (exact) mass is 448 g/mol. The number of non-ortho nitro benzene ring substituents is 2. The fourth-order valence-electron chi connectivity index (χ4n) is 3.20. The van der Waals surface area contributed by atoms with E-state index in [4.69, 9.17) is 11.6 Å². The van der Waals surface area contributed by atoms with Gasteiger partial charge in [0, 0.05) is 24.3 Å². The smallest absolute Gasteiger partial charge is 0.268 e. The van der Waals surface area contributed by atoms with Crippen molar-refractivity contribution in [1.82, 2.24) is 9.55 Å². The third kappa shape index (κ3) is 3.96. The van der Waals surface area contributed by atoms with Gasteiger partial charge in [-0.3, -0.25) is 29.6 Å². The number of nitrogens with zero attached hydrogens (tertiary/aromatic N) is 4. The molecule has 0 amide bonds. The minimum atomic E-state index is -0.583. The van der Waals surface area contributed by atoms with Crippen LogP contribution in [0, 0.1) is 20.2 Å². The number of nitro groups is 2. The van der Waals surface area contributed by atoms with E-state index in [9.17, 15) is 25.0 Å². The molecule has 0 saturated carbocycles. The van der Waals surface area contributed by atoms with E-state index >= 15 is 0 Å². The maximum atomic E-state index is 13.3. The van der Waals surface area contributed by atoms with Crippen molar-refractivity contribution in [2.24, 2.45) is 0 Å². The Bertz CT molecular complexity index is 1480. The van der Waals surface area contributed by atoms with Crippen molar-refractivity contribution in [3.8, 4) is 5.69 Å². The average Bonchev–Trinajstić information content (AvgIpc) is 2.78. The Morgan fingerprint density at radius 2 is 1.59 bits per heavy atom. The molecule has 0 spiro atoms. The van der Waals surface area contributed by atoms with Gasteiger partial charge in [-0.2, -0.15) is 0 Å². The van der Waals surface area contributed by atoms with Crippen molar-refractivity contribution in [2.45, 2.75) is 0 Å². The van der Waals surface area contributed by atoms with Crippen molar-refractivity contribution in [1.29, 1.82) is 0 Å². The zero-order valence-corrected chi connectivity index (χ0v) is 17.0.